The smallest absolute Gasteiger partial charge is 0.322 e. The number of aromatic amines is 1. The van der Waals surface area contributed by atoms with E-state index in [-0.39, 0.29) is 5.82 Å². The van der Waals surface area contributed by atoms with Gasteiger partial charge in [-0.1, -0.05) is 36.4 Å². The van der Waals surface area contributed by atoms with Crippen LogP contribution < -0.4 is 10.1 Å². The van der Waals surface area contributed by atoms with Crippen molar-refractivity contribution in [3.63, 3.8) is 0 Å². The Morgan fingerprint density at radius 2 is 1.62 bits per heavy atom. The number of carboxylic acids is 1. The summed E-state index contributed by atoms with van der Waals surface area (Å²) in [5.41, 5.74) is 3.24. The summed E-state index contributed by atoms with van der Waals surface area (Å²) < 4.78 is 5.81. The number of carboxylic acid groups (broad SMARTS) is 1. The Hall–Kier alpha value is -4.13. The molecule has 0 saturated heterocycles. The number of aromatic nitrogens is 2. The van der Waals surface area contributed by atoms with Gasteiger partial charge in [0.25, 0.3) is 5.91 Å². The van der Waals surface area contributed by atoms with E-state index in [0.717, 1.165) is 22.6 Å². The van der Waals surface area contributed by atoms with Gasteiger partial charge < -0.3 is 20.1 Å². The largest absolute Gasteiger partial charge is 0.480 e. The van der Waals surface area contributed by atoms with Crippen molar-refractivity contribution in [1.29, 1.82) is 0 Å². The van der Waals surface area contributed by atoms with Gasteiger partial charge in [-0.2, -0.15) is 0 Å². The van der Waals surface area contributed by atoms with Crippen LogP contribution in [0.3, 0.4) is 0 Å². The first kappa shape index (κ1) is 18.2. The van der Waals surface area contributed by atoms with Crippen molar-refractivity contribution in [1.82, 2.24) is 15.3 Å². The first-order valence-electron chi connectivity index (χ1n) is 8.91. The molecule has 4 rings (SSSR count). The molecule has 0 saturated carbocycles. The number of amides is 1. The molecule has 1 aromatic heterocycles. The molecule has 0 aliphatic rings. The standard InChI is InChI=1S/C22H17N3O4/c26-20(27)13-23-22(28)21-24-18-11-8-15(12-19(18)25-21)14-6-9-17(10-7-14)29-16-4-2-1-3-5-16/h1-12H,13H2,(H,23,28)(H,24,25)(H,26,27). The molecule has 0 bridgehead atoms. The van der Waals surface area contributed by atoms with Crippen LogP contribution >= 0.6 is 0 Å². The second-order valence-electron chi connectivity index (χ2n) is 6.33. The third-order valence-corrected chi connectivity index (χ3v) is 4.26. The molecule has 7 nitrogen and oxygen atoms in total. The van der Waals surface area contributed by atoms with Crippen LogP contribution in [0.2, 0.25) is 0 Å². The quantitative estimate of drug-likeness (QED) is 0.466. The Morgan fingerprint density at radius 3 is 2.34 bits per heavy atom. The number of imidazole rings is 1. The number of hydrogen-bond donors (Lipinski definition) is 3. The van der Waals surface area contributed by atoms with E-state index < -0.39 is 18.4 Å². The van der Waals surface area contributed by atoms with Gasteiger partial charge in [0.2, 0.25) is 0 Å². The summed E-state index contributed by atoms with van der Waals surface area (Å²) in [6.07, 6.45) is 0. The zero-order valence-corrected chi connectivity index (χ0v) is 15.3. The number of H-pyrrole nitrogens is 1. The number of aliphatic carboxylic acids is 1. The van der Waals surface area contributed by atoms with E-state index in [2.05, 4.69) is 15.3 Å². The molecule has 1 heterocycles. The van der Waals surface area contributed by atoms with Crippen molar-refractivity contribution < 1.29 is 19.4 Å². The fourth-order valence-electron chi connectivity index (χ4n) is 2.88. The molecule has 0 atom stereocenters. The van der Waals surface area contributed by atoms with Gasteiger partial charge in [0.1, 0.15) is 18.0 Å². The lowest BCUT2D eigenvalue weighted by Gasteiger charge is -2.07. The summed E-state index contributed by atoms with van der Waals surface area (Å²) in [7, 11) is 0. The van der Waals surface area contributed by atoms with Gasteiger partial charge in [-0.25, -0.2) is 4.98 Å². The highest BCUT2D eigenvalue weighted by Gasteiger charge is 2.13. The molecule has 0 fully saturated rings. The molecule has 3 aromatic carbocycles. The molecule has 0 unspecified atom stereocenters. The molecule has 7 heteroatoms. The van der Waals surface area contributed by atoms with Gasteiger partial charge in [-0.15, -0.1) is 0 Å². The Bertz CT molecular complexity index is 1170. The number of rotatable bonds is 6. The predicted octanol–water partition coefficient (Wildman–Crippen LogP) is 3.84. The van der Waals surface area contributed by atoms with E-state index in [4.69, 9.17) is 9.84 Å². The van der Waals surface area contributed by atoms with Crippen LogP contribution in [0.25, 0.3) is 22.2 Å². The van der Waals surface area contributed by atoms with E-state index in [1.165, 1.54) is 0 Å². The Balaban J connectivity index is 1.53. The predicted molar refractivity (Wildman–Crippen MR) is 108 cm³/mol. The first-order valence-corrected chi connectivity index (χ1v) is 8.91. The second-order valence-corrected chi connectivity index (χ2v) is 6.33. The highest BCUT2D eigenvalue weighted by Crippen LogP contribution is 2.27. The molecule has 0 radical (unpaired) electrons. The average molecular weight is 387 g/mol. The van der Waals surface area contributed by atoms with Gasteiger partial charge in [-0.3, -0.25) is 9.59 Å². The Labute approximate surface area is 166 Å². The average Bonchev–Trinajstić information content (AvgIpc) is 3.17. The number of benzene rings is 3. The second kappa shape index (κ2) is 7.85. The molecule has 0 spiro atoms. The maximum Gasteiger partial charge on any atom is 0.322 e. The summed E-state index contributed by atoms with van der Waals surface area (Å²) in [6, 6.07) is 22.9. The van der Waals surface area contributed by atoms with Crippen LogP contribution in [0.4, 0.5) is 0 Å². The molecule has 3 N–H and O–H groups in total. The molecule has 0 aliphatic carbocycles. The number of carbonyl (C=O) groups is 2. The fourth-order valence-corrected chi connectivity index (χ4v) is 2.88. The number of para-hydroxylation sites is 1. The van der Waals surface area contributed by atoms with E-state index in [9.17, 15) is 9.59 Å². The van der Waals surface area contributed by atoms with E-state index in [1.54, 1.807) is 0 Å². The van der Waals surface area contributed by atoms with Crippen molar-refractivity contribution >= 4 is 22.9 Å². The van der Waals surface area contributed by atoms with E-state index >= 15 is 0 Å². The summed E-state index contributed by atoms with van der Waals surface area (Å²) in [4.78, 5) is 29.7. The van der Waals surface area contributed by atoms with Crippen LogP contribution in [0.15, 0.2) is 72.8 Å². The molecule has 0 aliphatic heterocycles. The number of hydrogen-bond acceptors (Lipinski definition) is 4. The van der Waals surface area contributed by atoms with Crippen molar-refractivity contribution in [2.45, 2.75) is 0 Å². The first-order chi connectivity index (χ1) is 14.1. The number of carbonyl (C=O) groups excluding carboxylic acids is 1. The van der Waals surface area contributed by atoms with Crippen molar-refractivity contribution in [2.24, 2.45) is 0 Å². The molecular formula is C22H17N3O4. The normalized spacial score (nSPS) is 10.6. The maximum atomic E-state index is 12.0. The van der Waals surface area contributed by atoms with Crippen LogP contribution in [-0.4, -0.2) is 33.5 Å². The number of nitrogens with one attached hydrogen (secondary N) is 2. The maximum absolute atomic E-state index is 12.0. The zero-order valence-electron chi connectivity index (χ0n) is 15.3. The summed E-state index contributed by atoms with van der Waals surface area (Å²) in [5.74, 6) is -0.0956. The van der Waals surface area contributed by atoms with Crippen molar-refractivity contribution in [3.05, 3.63) is 78.6 Å². The highest BCUT2D eigenvalue weighted by atomic mass is 16.5. The van der Waals surface area contributed by atoms with Crippen LogP contribution in [-0.2, 0) is 4.79 Å². The Morgan fingerprint density at radius 1 is 0.931 bits per heavy atom. The minimum Gasteiger partial charge on any atom is -0.480 e. The number of fused-ring (bicyclic) bond motifs is 1. The van der Waals surface area contributed by atoms with Gasteiger partial charge in [-0.05, 0) is 47.5 Å². The zero-order chi connectivity index (χ0) is 20.2. The molecule has 144 valence electrons. The van der Waals surface area contributed by atoms with Gasteiger partial charge in [0.15, 0.2) is 5.82 Å². The molecular weight excluding hydrogens is 370 g/mol. The summed E-state index contributed by atoms with van der Waals surface area (Å²) >= 11 is 0. The minimum atomic E-state index is -1.11. The van der Waals surface area contributed by atoms with E-state index in [1.807, 2.05) is 72.8 Å². The summed E-state index contributed by atoms with van der Waals surface area (Å²) in [5, 5.41) is 10.9. The monoisotopic (exact) mass is 387 g/mol. The van der Waals surface area contributed by atoms with Gasteiger partial charge in [0, 0.05) is 0 Å². The number of nitrogens with zero attached hydrogens (tertiary/aromatic N) is 1. The van der Waals surface area contributed by atoms with Crippen LogP contribution in [0.5, 0.6) is 11.5 Å². The fraction of sp³-hybridized carbons (Fsp3) is 0.0455. The highest BCUT2D eigenvalue weighted by molar-refractivity contribution is 5.96. The van der Waals surface area contributed by atoms with Gasteiger partial charge in [0.05, 0.1) is 11.0 Å². The van der Waals surface area contributed by atoms with Crippen LogP contribution in [0, 0.1) is 0 Å². The number of ether oxygens (including phenoxy) is 1. The SMILES string of the molecule is O=C(O)CNC(=O)c1nc2ccc(-c3ccc(Oc4ccccc4)cc3)cc2[nH]1. The third-order valence-electron chi connectivity index (χ3n) is 4.26. The molecule has 29 heavy (non-hydrogen) atoms. The van der Waals surface area contributed by atoms with E-state index in [0.29, 0.717) is 11.0 Å². The molecule has 1 amide bonds. The lowest BCUT2D eigenvalue weighted by atomic mass is 10.1. The van der Waals surface area contributed by atoms with Crippen molar-refractivity contribution in [2.75, 3.05) is 6.54 Å². The van der Waals surface area contributed by atoms with Crippen LogP contribution in [0.1, 0.15) is 10.6 Å². The van der Waals surface area contributed by atoms with Gasteiger partial charge >= 0.3 is 5.97 Å². The lowest BCUT2D eigenvalue weighted by Crippen LogP contribution is -2.29. The lowest BCUT2D eigenvalue weighted by molar-refractivity contribution is -0.135. The summed E-state index contributed by atoms with van der Waals surface area (Å²) in [6.45, 7) is -0.460. The minimum absolute atomic E-state index is 0.0741. The topological polar surface area (TPSA) is 104 Å². The molecule has 4 aromatic rings. The Kier molecular flexibility index (Phi) is 4.94. The van der Waals surface area contributed by atoms with Crippen molar-refractivity contribution in [3.8, 4) is 22.6 Å². The third kappa shape index (κ3) is 4.24.